The van der Waals surface area contributed by atoms with Gasteiger partial charge >= 0.3 is 0 Å². The fourth-order valence-electron chi connectivity index (χ4n) is 3.15. The number of rotatable bonds is 5. The number of amides is 2. The second kappa shape index (κ2) is 8.25. The Morgan fingerprint density at radius 2 is 1.72 bits per heavy atom. The molecule has 2 amide bonds. The molecule has 0 atom stereocenters. The first-order valence-corrected chi connectivity index (χ1v) is 10.4. The molecule has 0 saturated heterocycles. The predicted octanol–water partition coefficient (Wildman–Crippen LogP) is 5.00. The van der Waals surface area contributed by atoms with Crippen molar-refractivity contribution in [3.63, 3.8) is 0 Å². The quantitative estimate of drug-likeness (QED) is 0.623. The Labute approximate surface area is 175 Å². The number of anilines is 1. The SMILES string of the molecule is Cc1cc(C(=O)Nc2ccc(C(=O)NC(C)(C)C)cc2)c(C)n1Cc1cccs1. The molecule has 29 heavy (non-hydrogen) atoms. The van der Waals surface area contributed by atoms with Crippen LogP contribution in [0.5, 0.6) is 0 Å². The van der Waals surface area contributed by atoms with Crippen LogP contribution in [-0.2, 0) is 6.54 Å². The number of benzene rings is 1. The molecule has 0 fully saturated rings. The van der Waals surface area contributed by atoms with Gasteiger partial charge in [-0.25, -0.2) is 0 Å². The molecule has 6 heteroatoms. The van der Waals surface area contributed by atoms with E-state index in [-0.39, 0.29) is 17.4 Å². The third-order valence-electron chi connectivity index (χ3n) is 4.61. The van der Waals surface area contributed by atoms with E-state index in [1.54, 1.807) is 35.6 Å². The van der Waals surface area contributed by atoms with Gasteiger partial charge in [0, 0.05) is 33.1 Å². The zero-order valence-corrected chi connectivity index (χ0v) is 18.3. The van der Waals surface area contributed by atoms with Gasteiger partial charge in [0.2, 0.25) is 0 Å². The van der Waals surface area contributed by atoms with Gasteiger partial charge in [0.05, 0.1) is 12.1 Å². The average molecular weight is 410 g/mol. The lowest BCUT2D eigenvalue weighted by molar-refractivity contribution is 0.0919. The maximum absolute atomic E-state index is 12.8. The minimum absolute atomic E-state index is 0.132. The van der Waals surface area contributed by atoms with Gasteiger partial charge in [-0.3, -0.25) is 9.59 Å². The van der Waals surface area contributed by atoms with Crippen LogP contribution in [0.25, 0.3) is 0 Å². The minimum Gasteiger partial charge on any atom is -0.347 e. The Morgan fingerprint density at radius 1 is 1.03 bits per heavy atom. The fourth-order valence-corrected chi connectivity index (χ4v) is 3.84. The lowest BCUT2D eigenvalue weighted by Crippen LogP contribution is -2.40. The summed E-state index contributed by atoms with van der Waals surface area (Å²) in [6, 6.07) is 13.0. The summed E-state index contributed by atoms with van der Waals surface area (Å²) in [7, 11) is 0. The van der Waals surface area contributed by atoms with Crippen molar-refractivity contribution in [3.8, 4) is 0 Å². The summed E-state index contributed by atoms with van der Waals surface area (Å²) in [5, 5.41) is 7.92. The molecule has 5 nitrogen and oxygen atoms in total. The molecule has 2 N–H and O–H groups in total. The van der Waals surface area contributed by atoms with Gasteiger partial charge in [0.15, 0.2) is 0 Å². The zero-order valence-electron chi connectivity index (χ0n) is 17.5. The van der Waals surface area contributed by atoms with Gasteiger partial charge in [0.1, 0.15) is 0 Å². The number of nitrogens with one attached hydrogen (secondary N) is 2. The summed E-state index contributed by atoms with van der Waals surface area (Å²) in [5.74, 6) is -0.282. The highest BCUT2D eigenvalue weighted by molar-refractivity contribution is 7.09. The van der Waals surface area contributed by atoms with E-state index in [4.69, 9.17) is 0 Å². The number of carbonyl (C=O) groups is 2. The summed E-state index contributed by atoms with van der Waals surface area (Å²) in [4.78, 5) is 26.3. The minimum atomic E-state index is -0.296. The zero-order chi connectivity index (χ0) is 21.2. The lowest BCUT2D eigenvalue weighted by Gasteiger charge is -2.20. The topological polar surface area (TPSA) is 63.1 Å². The standard InChI is InChI=1S/C23H27N3O2S/c1-15-13-20(16(2)26(15)14-19-7-6-12-29-19)22(28)24-18-10-8-17(9-11-18)21(27)25-23(3,4)5/h6-13H,14H2,1-5H3,(H,24,28)(H,25,27). The monoisotopic (exact) mass is 409 g/mol. The van der Waals surface area contributed by atoms with Gasteiger partial charge in [0.25, 0.3) is 11.8 Å². The van der Waals surface area contributed by atoms with Crippen LogP contribution in [0.1, 0.15) is 57.8 Å². The van der Waals surface area contributed by atoms with E-state index >= 15 is 0 Å². The normalized spacial score (nSPS) is 11.3. The third kappa shape index (κ3) is 5.15. The molecule has 0 saturated carbocycles. The molecule has 152 valence electrons. The van der Waals surface area contributed by atoms with E-state index in [1.807, 2.05) is 46.8 Å². The largest absolute Gasteiger partial charge is 0.347 e. The van der Waals surface area contributed by atoms with Crippen molar-refractivity contribution >= 4 is 28.8 Å². The molecule has 0 unspecified atom stereocenters. The summed E-state index contributed by atoms with van der Waals surface area (Å²) in [6.07, 6.45) is 0. The Hall–Kier alpha value is -2.86. The second-order valence-electron chi connectivity index (χ2n) is 8.19. The molecule has 1 aromatic carbocycles. The maximum atomic E-state index is 12.8. The Balaban J connectivity index is 1.71. The van der Waals surface area contributed by atoms with Crippen molar-refractivity contribution in [3.05, 3.63) is 75.2 Å². The second-order valence-corrected chi connectivity index (χ2v) is 9.22. The third-order valence-corrected chi connectivity index (χ3v) is 5.47. The lowest BCUT2D eigenvalue weighted by atomic mass is 10.1. The number of carbonyl (C=O) groups excluding carboxylic acids is 2. The van der Waals surface area contributed by atoms with E-state index in [1.165, 1.54) is 4.88 Å². The first-order chi connectivity index (χ1) is 13.6. The van der Waals surface area contributed by atoms with Crippen molar-refractivity contribution in [1.82, 2.24) is 9.88 Å². The van der Waals surface area contributed by atoms with Gasteiger partial charge in [-0.15, -0.1) is 11.3 Å². The van der Waals surface area contributed by atoms with Gasteiger partial charge < -0.3 is 15.2 Å². The molecular formula is C23H27N3O2S. The smallest absolute Gasteiger partial charge is 0.257 e. The molecule has 2 heterocycles. The molecule has 0 radical (unpaired) electrons. The molecule has 0 spiro atoms. The summed E-state index contributed by atoms with van der Waals surface area (Å²) >= 11 is 1.71. The molecule has 0 aliphatic rings. The molecule has 3 rings (SSSR count). The molecule has 0 bridgehead atoms. The first-order valence-electron chi connectivity index (χ1n) is 9.57. The van der Waals surface area contributed by atoms with Crippen LogP contribution in [-0.4, -0.2) is 21.9 Å². The Morgan fingerprint density at radius 3 is 2.31 bits per heavy atom. The van der Waals surface area contributed by atoms with Crippen LogP contribution < -0.4 is 10.6 Å². The van der Waals surface area contributed by atoms with Crippen molar-refractivity contribution in [2.45, 2.75) is 46.7 Å². The number of nitrogens with zero attached hydrogens (tertiary/aromatic N) is 1. The van der Waals surface area contributed by atoms with E-state index in [2.05, 4.69) is 26.6 Å². The van der Waals surface area contributed by atoms with Crippen molar-refractivity contribution in [2.24, 2.45) is 0 Å². The highest BCUT2D eigenvalue weighted by Crippen LogP contribution is 2.21. The Bertz CT molecular complexity index is 1010. The van der Waals surface area contributed by atoms with Crippen LogP contribution in [0, 0.1) is 13.8 Å². The number of thiophene rings is 1. The van der Waals surface area contributed by atoms with Gasteiger partial charge in [-0.1, -0.05) is 6.07 Å². The van der Waals surface area contributed by atoms with E-state index in [9.17, 15) is 9.59 Å². The van der Waals surface area contributed by atoms with Crippen molar-refractivity contribution in [1.29, 1.82) is 0 Å². The summed E-state index contributed by atoms with van der Waals surface area (Å²) < 4.78 is 2.15. The van der Waals surface area contributed by atoms with Gasteiger partial charge in [-0.05, 0) is 76.4 Å². The fraction of sp³-hybridized carbons (Fsp3) is 0.304. The first kappa shape index (κ1) is 20.9. The number of aryl methyl sites for hydroxylation is 1. The summed E-state index contributed by atoms with van der Waals surface area (Å²) in [6.45, 7) is 10.6. The van der Waals surface area contributed by atoms with E-state index in [0.717, 1.165) is 17.9 Å². The molecule has 0 aliphatic carbocycles. The van der Waals surface area contributed by atoms with Crippen LogP contribution in [0.15, 0.2) is 47.8 Å². The van der Waals surface area contributed by atoms with Crippen molar-refractivity contribution < 1.29 is 9.59 Å². The Kier molecular flexibility index (Phi) is 5.94. The average Bonchev–Trinajstić information content (AvgIpc) is 3.24. The highest BCUT2D eigenvalue weighted by atomic mass is 32.1. The van der Waals surface area contributed by atoms with Crippen LogP contribution in [0.4, 0.5) is 5.69 Å². The van der Waals surface area contributed by atoms with Crippen LogP contribution >= 0.6 is 11.3 Å². The molecule has 2 aromatic heterocycles. The van der Waals surface area contributed by atoms with Gasteiger partial charge in [-0.2, -0.15) is 0 Å². The number of aromatic nitrogens is 1. The molecular weight excluding hydrogens is 382 g/mol. The highest BCUT2D eigenvalue weighted by Gasteiger charge is 2.17. The molecule has 0 aliphatic heterocycles. The number of hydrogen-bond donors (Lipinski definition) is 2. The van der Waals surface area contributed by atoms with Crippen LogP contribution in [0.3, 0.4) is 0 Å². The number of hydrogen-bond acceptors (Lipinski definition) is 3. The summed E-state index contributed by atoms with van der Waals surface area (Å²) in [5.41, 5.74) is 3.58. The van der Waals surface area contributed by atoms with Crippen molar-refractivity contribution in [2.75, 3.05) is 5.32 Å². The van der Waals surface area contributed by atoms with E-state index < -0.39 is 0 Å². The van der Waals surface area contributed by atoms with Crippen LogP contribution in [0.2, 0.25) is 0 Å². The molecule has 3 aromatic rings. The maximum Gasteiger partial charge on any atom is 0.257 e. The van der Waals surface area contributed by atoms with E-state index in [0.29, 0.717) is 16.8 Å². The predicted molar refractivity (Wildman–Crippen MR) is 119 cm³/mol.